The van der Waals surface area contributed by atoms with E-state index in [-0.39, 0.29) is 12.6 Å². The van der Waals surface area contributed by atoms with Crippen molar-refractivity contribution in [3.63, 3.8) is 0 Å². The topological polar surface area (TPSA) is 93.7 Å². The highest BCUT2D eigenvalue weighted by molar-refractivity contribution is 5.97. The molecule has 0 saturated heterocycles. The van der Waals surface area contributed by atoms with E-state index in [1.165, 1.54) is 6.92 Å². The van der Waals surface area contributed by atoms with Crippen LogP contribution in [0.4, 0.5) is 4.79 Å². The normalized spacial score (nSPS) is 11.4. The minimum atomic E-state index is -1.12. The Morgan fingerprint density at radius 1 is 0.931 bits per heavy atom. The van der Waals surface area contributed by atoms with Crippen LogP contribution >= 0.6 is 0 Å². The highest BCUT2D eigenvalue weighted by Gasteiger charge is 2.20. The SMILES string of the molecule is CC(C)NC(=O)NC(=O)C(C)OC(=O)COc1ccccc1Cc1ccccc1. The molecule has 0 aliphatic rings. The van der Waals surface area contributed by atoms with E-state index in [2.05, 4.69) is 10.6 Å². The van der Waals surface area contributed by atoms with Crippen molar-refractivity contribution in [1.29, 1.82) is 0 Å². The average Bonchev–Trinajstić information content (AvgIpc) is 2.67. The van der Waals surface area contributed by atoms with E-state index in [1.807, 2.05) is 48.5 Å². The van der Waals surface area contributed by atoms with E-state index in [0.29, 0.717) is 12.2 Å². The number of rotatable bonds is 8. The number of carbonyl (C=O) groups excluding carboxylic acids is 3. The van der Waals surface area contributed by atoms with Gasteiger partial charge in [0.05, 0.1) is 0 Å². The largest absolute Gasteiger partial charge is 0.482 e. The zero-order valence-electron chi connectivity index (χ0n) is 16.8. The number of nitrogens with one attached hydrogen (secondary N) is 2. The van der Waals surface area contributed by atoms with Crippen molar-refractivity contribution in [2.45, 2.75) is 39.3 Å². The molecule has 0 aromatic heterocycles. The molecule has 154 valence electrons. The molecule has 1 unspecified atom stereocenters. The van der Waals surface area contributed by atoms with Gasteiger partial charge in [0.15, 0.2) is 12.7 Å². The van der Waals surface area contributed by atoms with Crippen molar-refractivity contribution in [1.82, 2.24) is 10.6 Å². The van der Waals surface area contributed by atoms with Gasteiger partial charge >= 0.3 is 12.0 Å². The number of urea groups is 1. The van der Waals surface area contributed by atoms with E-state index in [9.17, 15) is 14.4 Å². The summed E-state index contributed by atoms with van der Waals surface area (Å²) in [4.78, 5) is 35.5. The van der Waals surface area contributed by atoms with Crippen LogP contribution in [0.5, 0.6) is 5.75 Å². The molecule has 0 radical (unpaired) electrons. The number of imide groups is 1. The monoisotopic (exact) mass is 398 g/mol. The van der Waals surface area contributed by atoms with E-state index >= 15 is 0 Å². The summed E-state index contributed by atoms with van der Waals surface area (Å²) < 4.78 is 10.6. The van der Waals surface area contributed by atoms with Crippen LogP contribution in [0, 0.1) is 0 Å². The van der Waals surface area contributed by atoms with Crippen molar-refractivity contribution in [2.75, 3.05) is 6.61 Å². The van der Waals surface area contributed by atoms with Gasteiger partial charge in [0, 0.05) is 12.5 Å². The Morgan fingerprint density at radius 3 is 2.28 bits per heavy atom. The molecule has 2 aromatic carbocycles. The zero-order chi connectivity index (χ0) is 21.2. The molecule has 1 atom stereocenters. The minimum Gasteiger partial charge on any atom is -0.482 e. The fourth-order valence-electron chi connectivity index (χ4n) is 2.54. The number of esters is 1. The number of ether oxygens (including phenoxy) is 2. The van der Waals surface area contributed by atoms with Crippen LogP contribution in [0.2, 0.25) is 0 Å². The Hall–Kier alpha value is -3.35. The summed E-state index contributed by atoms with van der Waals surface area (Å²) in [5.74, 6) is -0.839. The smallest absolute Gasteiger partial charge is 0.344 e. The average molecular weight is 398 g/mol. The third-order valence-electron chi connectivity index (χ3n) is 3.89. The second-order valence-electron chi connectivity index (χ2n) is 6.81. The van der Waals surface area contributed by atoms with Crippen LogP contribution in [-0.4, -0.2) is 36.7 Å². The summed E-state index contributed by atoms with van der Waals surface area (Å²) >= 11 is 0. The minimum absolute atomic E-state index is 0.120. The second-order valence-corrected chi connectivity index (χ2v) is 6.81. The first-order chi connectivity index (χ1) is 13.8. The Morgan fingerprint density at radius 2 is 1.59 bits per heavy atom. The lowest BCUT2D eigenvalue weighted by atomic mass is 10.0. The van der Waals surface area contributed by atoms with Crippen LogP contribution in [0.1, 0.15) is 31.9 Å². The highest BCUT2D eigenvalue weighted by atomic mass is 16.6. The van der Waals surface area contributed by atoms with Gasteiger partial charge in [-0.05, 0) is 38.0 Å². The highest BCUT2D eigenvalue weighted by Crippen LogP contribution is 2.21. The van der Waals surface area contributed by atoms with Crippen molar-refractivity contribution in [3.05, 3.63) is 65.7 Å². The number of para-hydroxylation sites is 1. The summed E-state index contributed by atoms with van der Waals surface area (Å²) in [6.07, 6.45) is -0.459. The fraction of sp³-hybridized carbons (Fsp3) is 0.318. The molecule has 0 aliphatic carbocycles. The summed E-state index contributed by atoms with van der Waals surface area (Å²) in [5.41, 5.74) is 2.05. The van der Waals surface area contributed by atoms with E-state index < -0.39 is 24.0 Å². The van der Waals surface area contributed by atoms with Crippen molar-refractivity contribution >= 4 is 17.9 Å². The van der Waals surface area contributed by atoms with E-state index in [4.69, 9.17) is 9.47 Å². The molecular weight excluding hydrogens is 372 g/mol. The lowest BCUT2D eigenvalue weighted by Gasteiger charge is -2.15. The number of hydrogen-bond donors (Lipinski definition) is 2. The molecule has 7 heteroatoms. The number of amides is 3. The maximum absolute atomic E-state index is 12.0. The van der Waals surface area contributed by atoms with Crippen molar-refractivity contribution in [3.8, 4) is 5.75 Å². The molecule has 29 heavy (non-hydrogen) atoms. The first-order valence-electron chi connectivity index (χ1n) is 9.40. The van der Waals surface area contributed by atoms with E-state index in [0.717, 1.165) is 11.1 Å². The number of benzene rings is 2. The Kier molecular flexibility index (Phi) is 8.21. The lowest BCUT2D eigenvalue weighted by Crippen LogP contribution is -2.46. The van der Waals surface area contributed by atoms with Gasteiger partial charge in [0.2, 0.25) is 0 Å². The molecule has 0 fully saturated rings. The summed E-state index contributed by atoms with van der Waals surface area (Å²) in [5, 5.41) is 4.64. The predicted octanol–water partition coefficient (Wildman–Crippen LogP) is 2.82. The van der Waals surface area contributed by atoms with Gasteiger partial charge in [-0.25, -0.2) is 9.59 Å². The molecule has 0 aliphatic heterocycles. The van der Waals surface area contributed by atoms with Crippen molar-refractivity contribution in [2.24, 2.45) is 0 Å². The maximum Gasteiger partial charge on any atom is 0.344 e. The first-order valence-corrected chi connectivity index (χ1v) is 9.40. The molecule has 0 heterocycles. The van der Waals surface area contributed by atoms with Crippen LogP contribution in [0.25, 0.3) is 0 Å². The maximum atomic E-state index is 12.0. The van der Waals surface area contributed by atoms with Crippen molar-refractivity contribution < 1.29 is 23.9 Å². The van der Waals surface area contributed by atoms with Crippen LogP contribution in [-0.2, 0) is 20.7 Å². The van der Waals surface area contributed by atoms with Gasteiger partial charge in [0.25, 0.3) is 5.91 Å². The van der Waals surface area contributed by atoms with Gasteiger partial charge in [-0.1, -0.05) is 48.5 Å². The third kappa shape index (κ3) is 7.65. The first kappa shape index (κ1) is 21.9. The molecule has 0 bridgehead atoms. The molecule has 2 rings (SSSR count). The van der Waals surface area contributed by atoms with Gasteiger partial charge in [-0.3, -0.25) is 10.1 Å². The zero-order valence-corrected chi connectivity index (χ0v) is 16.8. The standard InChI is InChI=1S/C22H26N2O5/c1-15(2)23-22(27)24-21(26)16(3)29-20(25)14-28-19-12-8-7-11-18(19)13-17-9-5-4-6-10-17/h4-12,15-16H,13-14H2,1-3H3,(H2,23,24,26,27). The second kappa shape index (κ2) is 10.8. The van der Waals surface area contributed by atoms with Gasteiger partial charge in [-0.15, -0.1) is 0 Å². The molecule has 2 aromatic rings. The predicted molar refractivity (Wildman–Crippen MR) is 109 cm³/mol. The molecule has 0 saturated carbocycles. The number of hydrogen-bond acceptors (Lipinski definition) is 5. The van der Waals surface area contributed by atoms with Gasteiger partial charge in [-0.2, -0.15) is 0 Å². The van der Waals surface area contributed by atoms with Crippen LogP contribution in [0.15, 0.2) is 54.6 Å². The molecule has 0 spiro atoms. The Balaban J connectivity index is 1.86. The summed E-state index contributed by atoms with van der Waals surface area (Å²) in [7, 11) is 0. The quantitative estimate of drug-likeness (QED) is 0.667. The fourth-order valence-corrected chi connectivity index (χ4v) is 2.54. The van der Waals surface area contributed by atoms with Crippen LogP contribution in [0.3, 0.4) is 0 Å². The molecule has 3 amide bonds. The van der Waals surface area contributed by atoms with Gasteiger partial charge in [0.1, 0.15) is 5.75 Å². The molecule has 7 nitrogen and oxygen atoms in total. The molecular formula is C22H26N2O5. The van der Waals surface area contributed by atoms with Crippen LogP contribution < -0.4 is 15.4 Å². The Bertz CT molecular complexity index is 836. The lowest BCUT2D eigenvalue weighted by molar-refractivity contribution is -0.156. The summed E-state index contributed by atoms with van der Waals surface area (Å²) in [6.45, 7) is 4.57. The third-order valence-corrected chi connectivity index (χ3v) is 3.89. The summed E-state index contributed by atoms with van der Waals surface area (Å²) in [6, 6.07) is 16.6. The van der Waals surface area contributed by atoms with Gasteiger partial charge < -0.3 is 14.8 Å². The number of carbonyl (C=O) groups is 3. The van der Waals surface area contributed by atoms with E-state index in [1.54, 1.807) is 19.9 Å². The molecule has 2 N–H and O–H groups in total. The Labute approximate surface area is 170 Å².